The van der Waals surface area contributed by atoms with Crippen LogP contribution in [0.1, 0.15) is 27.2 Å². The van der Waals surface area contributed by atoms with Gasteiger partial charge in [0.05, 0.1) is 22.8 Å². The van der Waals surface area contributed by atoms with Crippen molar-refractivity contribution in [1.82, 2.24) is 31.1 Å². The molecule has 1 atom stereocenters. The predicted molar refractivity (Wildman–Crippen MR) is 157 cm³/mol. The normalized spacial score (nSPS) is 23.7. The van der Waals surface area contributed by atoms with Crippen LogP contribution < -0.4 is 21.3 Å². The minimum absolute atomic E-state index is 0.337. The second-order valence-corrected chi connectivity index (χ2v) is 9.77. The topological polar surface area (TPSA) is 90.8 Å². The Morgan fingerprint density at radius 1 is 1.22 bits per heavy atom. The molecule has 2 saturated heterocycles. The summed E-state index contributed by atoms with van der Waals surface area (Å²) in [7, 11) is 0. The van der Waals surface area contributed by atoms with Gasteiger partial charge in [0.25, 0.3) is 0 Å². The molecule has 0 aromatic heterocycles. The third-order valence-corrected chi connectivity index (χ3v) is 6.70. The van der Waals surface area contributed by atoms with E-state index in [1.807, 2.05) is 18.4 Å². The molecule has 0 aromatic carbocycles. The van der Waals surface area contributed by atoms with Crippen LogP contribution in [0.25, 0.3) is 0 Å². The summed E-state index contributed by atoms with van der Waals surface area (Å²) in [5, 5.41) is 22.3. The van der Waals surface area contributed by atoms with Gasteiger partial charge in [-0.1, -0.05) is 30.7 Å². The molecule has 202 valence electrons. The molecule has 1 unspecified atom stereocenters. The zero-order valence-electron chi connectivity index (χ0n) is 22.5. The van der Waals surface area contributed by atoms with Gasteiger partial charge in [-0.05, 0) is 50.3 Å². The standard InChI is InChI=1S/C21H29ClN6.C7H14N2/c1-3-4-6-26-19-10-16(17(22)11-18(19)23)12-27-20-13-24-7-5-21(20)28-9-8-25-15(2)14-28;1-2-5-9-6-3-8-4-7-9/h4-6,10-11,13,15,23-25,27H,3,7-9,12,14H2,1-2H3;2,5,8H,3-4,6-7H2,1H3/b6-4-,23-18?,26-19?;5-2+. The van der Waals surface area contributed by atoms with Gasteiger partial charge < -0.3 is 31.1 Å². The molecule has 5 N–H and O–H groups in total. The van der Waals surface area contributed by atoms with Gasteiger partial charge in [-0.3, -0.25) is 10.4 Å². The zero-order chi connectivity index (χ0) is 26.5. The number of nitrogens with zero attached hydrogens (tertiary/aromatic N) is 3. The first-order valence-corrected chi connectivity index (χ1v) is 13.7. The summed E-state index contributed by atoms with van der Waals surface area (Å²) >= 11 is 6.40. The maximum Gasteiger partial charge on any atom is 0.0883 e. The number of hydrogen-bond acceptors (Lipinski definition) is 8. The van der Waals surface area contributed by atoms with Crippen molar-refractivity contribution in [3.63, 3.8) is 0 Å². The lowest BCUT2D eigenvalue weighted by atomic mass is 10.0. The fourth-order valence-electron chi connectivity index (χ4n) is 4.41. The molecule has 4 aliphatic rings. The van der Waals surface area contributed by atoms with Gasteiger partial charge in [-0.15, -0.1) is 0 Å². The number of aliphatic imine (C=N–C) groups is 1. The van der Waals surface area contributed by atoms with E-state index in [0.717, 1.165) is 70.0 Å². The molecule has 0 bridgehead atoms. The molecule has 3 heterocycles. The number of hydrogen-bond donors (Lipinski definition) is 5. The zero-order valence-corrected chi connectivity index (χ0v) is 23.2. The van der Waals surface area contributed by atoms with Crippen LogP contribution in [0, 0.1) is 5.41 Å². The molecule has 0 spiro atoms. The Morgan fingerprint density at radius 2 is 2.03 bits per heavy atom. The van der Waals surface area contributed by atoms with Crippen LogP contribution in [-0.2, 0) is 0 Å². The first-order chi connectivity index (χ1) is 18.0. The second kappa shape index (κ2) is 15.4. The minimum atomic E-state index is 0.337. The van der Waals surface area contributed by atoms with Crippen molar-refractivity contribution in [2.45, 2.75) is 33.2 Å². The fraction of sp³-hybridized carbons (Fsp3) is 0.500. The van der Waals surface area contributed by atoms with Crippen LogP contribution in [-0.4, -0.2) is 86.2 Å². The smallest absolute Gasteiger partial charge is 0.0883 e. The Balaban J connectivity index is 0.000000356. The SMILES string of the molecule is C/C=C/N1CCNCC1.CC/C=C\N=C1C=C(CNC2=CNCC=C2N2CCNC(C)C2)C(Cl)=CC1=N. The second-order valence-electron chi connectivity index (χ2n) is 9.36. The molecule has 9 heteroatoms. The largest absolute Gasteiger partial charge is 0.386 e. The van der Waals surface area contributed by atoms with E-state index in [1.54, 1.807) is 12.3 Å². The van der Waals surface area contributed by atoms with E-state index in [2.05, 4.69) is 75.2 Å². The van der Waals surface area contributed by atoms with Gasteiger partial charge in [-0.2, -0.15) is 0 Å². The summed E-state index contributed by atoms with van der Waals surface area (Å²) in [5.74, 6) is 0. The van der Waals surface area contributed by atoms with Gasteiger partial charge in [-0.25, -0.2) is 0 Å². The van der Waals surface area contributed by atoms with Crippen molar-refractivity contribution in [2.75, 3.05) is 58.9 Å². The number of rotatable bonds is 7. The van der Waals surface area contributed by atoms with E-state index in [9.17, 15) is 0 Å². The Kier molecular flexibility index (Phi) is 12.0. The summed E-state index contributed by atoms with van der Waals surface area (Å²) in [6.45, 7) is 15.3. The number of allylic oxidation sites excluding steroid dienone is 4. The molecule has 0 aromatic rings. The third-order valence-electron chi connectivity index (χ3n) is 6.35. The first-order valence-electron chi connectivity index (χ1n) is 13.4. The quantitative estimate of drug-likeness (QED) is 0.328. The van der Waals surface area contributed by atoms with E-state index in [1.165, 1.54) is 5.70 Å². The van der Waals surface area contributed by atoms with E-state index < -0.39 is 0 Å². The van der Waals surface area contributed by atoms with Crippen LogP contribution in [0.2, 0.25) is 0 Å². The Hall–Kier alpha value is -2.81. The molecule has 0 saturated carbocycles. The summed E-state index contributed by atoms with van der Waals surface area (Å²) in [4.78, 5) is 9.13. The molecule has 2 fully saturated rings. The molecule has 0 amide bonds. The summed E-state index contributed by atoms with van der Waals surface area (Å²) < 4.78 is 0. The molecule has 8 nitrogen and oxygen atoms in total. The highest BCUT2D eigenvalue weighted by molar-refractivity contribution is 6.53. The molecule has 4 rings (SSSR count). The molecule has 0 radical (unpaired) electrons. The molecule has 37 heavy (non-hydrogen) atoms. The summed E-state index contributed by atoms with van der Waals surface area (Å²) in [6.07, 6.45) is 16.7. The van der Waals surface area contributed by atoms with Crippen molar-refractivity contribution in [3.8, 4) is 0 Å². The summed E-state index contributed by atoms with van der Waals surface area (Å²) in [5.41, 5.74) is 4.20. The van der Waals surface area contributed by atoms with Crippen molar-refractivity contribution in [1.29, 1.82) is 5.41 Å². The fourth-order valence-corrected chi connectivity index (χ4v) is 4.64. The van der Waals surface area contributed by atoms with E-state index in [0.29, 0.717) is 29.0 Å². The van der Waals surface area contributed by atoms with Crippen LogP contribution in [0.3, 0.4) is 0 Å². The van der Waals surface area contributed by atoms with Gasteiger partial charge in [0.1, 0.15) is 0 Å². The number of piperazine rings is 2. The highest BCUT2D eigenvalue weighted by atomic mass is 35.5. The maximum absolute atomic E-state index is 8.08. The molecular weight excluding hydrogens is 484 g/mol. The predicted octanol–water partition coefficient (Wildman–Crippen LogP) is 3.07. The third kappa shape index (κ3) is 9.22. The van der Waals surface area contributed by atoms with Crippen LogP contribution >= 0.6 is 11.6 Å². The molecule has 3 aliphatic heterocycles. The first kappa shape index (κ1) is 28.8. The Bertz CT molecular complexity index is 982. The van der Waals surface area contributed by atoms with Crippen molar-refractivity contribution in [2.24, 2.45) is 4.99 Å². The lowest BCUT2D eigenvalue weighted by molar-refractivity contribution is 0.256. The van der Waals surface area contributed by atoms with Crippen LogP contribution in [0.4, 0.5) is 0 Å². The average molecular weight is 527 g/mol. The number of dihydropyridines is 1. The highest BCUT2D eigenvalue weighted by Gasteiger charge is 2.22. The lowest BCUT2D eigenvalue weighted by Crippen LogP contribution is -2.50. The summed E-state index contributed by atoms with van der Waals surface area (Å²) in [6, 6.07) is 0.477. The van der Waals surface area contributed by atoms with Crippen molar-refractivity contribution < 1.29 is 0 Å². The monoisotopic (exact) mass is 526 g/mol. The van der Waals surface area contributed by atoms with Gasteiger partial charge >= 0.3 is 0 Å². The Morgan fingerprint density at radius 3 is 2.76 bits per heavy atom. The van der Waals surface area contributed by atoms with E-state index in [-0.39, 0.29) is 0 Å². The molecule has 1 aliphatic carbocycles. The maximum atomic E-state index is 8.08. The van der Waals surface area contributed by atoms with Gasteiger partial charge in [0.15, 0.2) is 0 Å². The number of halogens is 1. The number of nitrogens with one attached hydrogen (secondary N) is 5. The van der Waals surface area contributed by atoms with E-state index >= 15 is 0 Å². The van der Waals surface area contributed by atoms with Crippen LogP contribution in [0.5, 0.6) is 0 Å². The van der Waals surface area contributed by atoms with Crippen molar-refractivity contribution in [3.05, 3.63) is 71.0 Å². The van der Waals surface area contributed by atoms with Crippen molar-refractivity contribution >= 4 is 23.0 Å². The van der Waals surface area contributed by atoms with Gasteiger partial charge in [0.2, 0.25) is 0 Å². The average Bonchev–Trinajstić information content (AvgIpc) is 2.91. The Labute approximate surface area is 227 Å². The van der Waals surface area contributed by atoms with E-state index in [4.69, 9.17) is 17.0 Å². The van der Waals surface area contributed by atoms with Crippen LogP contribution in [0.15, 0.2) is 76.0 Å². The lowest BCUT2D eigenvalue weighted by Gasteiger charge is -2.37. The minimum Gasteiger partial charge on any atom is -0.386 e. The highest BCUT2D eigenvalue weighted by Crippen LogP contribution is 2.22. The molecular formula is C28H43ClN8. The van der Waals surface area contributed by atoms with Gasteiger partial charge in [0, 0.05) is 82.4 Å².